The number of hydrogen-bond donors (Lipinski definition) is 1. The number of rotatable bonds is 5. The molecule has 0 fully saturated rings. The third-order valence-corrected chi connectivity index (χ3v) is 4.45. The number of nitrogens with one attached hydrogen (secondary N) is 1. The first kappa shape index (κ1) is 15.4. The Hall–Kier alpha value is -1.99. The maximum atomic E-state index is 13.1. The lowest BCUT2D eigenvalue weighted by molar-refractivity contribution is 0.414. The van der Waals surface area contributed by atoms with Crippen molar-refractivity contribution in [3.63, 3.8) is 0 Å². The number of methoxy groups -OCH3 is 1. The molecule has 2 rings (SSSR count). The Morgan fingerprint density at radius 2 is 1.90 bits per heavy atom. The second-order valence-corrected chi connectivity index (χ2v) is 6.17. The SMILES string of the molecule is COc1ccc([C@H](C)NS(=O)(=O)c2cncc(F)c2)cc1. The number of halogens is 1. The van der Waals surface area contributed by atoms with Crippen LogP contribution in [-0.2, 0) is 10.0 Å². The topological polar surface area (TPSA) is 68.3 Å². The molecule has 1 heterocycles. The molecule has 0 unspecified atom stereocenters. The monoisotopic (exact) mass is 310 g/mol. The molecule has 1 aromatic heterocycles. The fourth-order valence-corrected chi connectivity index (χ4v) is 3.01. The van der Waals surface area contributed by atoms with Crippen LogP contribution in [0.15, 0.2) is 47.6 Å². The molecule has 1 atom stereocenters. The minimum absolute atomic E-state index is 0.206. The molecular weight excluding hydrogens is 295 g/mol. The highest BCUT2D eigenvalue weighted by molar-refractivity contribution is 7.89. The molecular formula is C14H15FN2O3S. The summed E-state index contributed by atoms with van der Waals surface area (Å²) < 4.78 is 44.9. The van der Waals surface area contributed by atoms with Crippen molar-refractivity contribution in [3.8, 4) is 5.75 Å². The van der Waals surface area contributed by atoms with Crippen LogP contribution in [0.5, 0.6) is 5.75 Å². The van der Waals surface area contributed by atoms with Crippen molar-refractivity contribution >= 4 is 10.0 Å². The Morgan fingerprint density at radius 3 is 2.48 bits per heavy atom. The van der Waals surface area contributed by atoms with Crippen LogP contribution in [0.3, 0.4) is 0 Å². The van der Waals surface area contributed by atoms with Gasteiger partial charge in [-0.05, 0) is 30.7 Å². The normalized spacial score (nSPS) is 12.9. The van der Waals surface area contributed by atoms with E-state index in [-0.39, 0.29) is 4.90 Å². The van der Waals surface area contributed by atoms with Gasteiger partial charge in [0.15, 0.2) is 0 Å². The van der Waals surface area contributed by atoms with Crippen molar-refractivity contribution in [1.29, 1.82) is 0 Å². The largest absolute Gasteiger partial charge is 0.497 e. The first-order chi connectivity index (χ1) is 9.92. The minimum atomic E-state index is -3.83. The summed E-state index contributed by atoms with van der Waals surface area (Å²) in [5, 5.41) is 0. The predicted octanol–water partition coefficient (Wildman–Crippen LogP) is 2.27. The van der Waals surface area contributed by atoms with Crippen molar-refractivity contribution in [2.45, 2.75) is 17.9 Å². The molecule has 1 N–H and O–H groups in total. The molecule has 0 amide bonds. The fourth-order valence-electron chi connectivity index (χ4n) is 1.80. The Labute approximate surface area is 122 Å². The van der Waals surface area contributed by atoms with Gasteiger partial charge in [-0.3, -0.25) is 4.98 Å². The summed E-state index contributed by atoms with van der Waals surface area (Å²) in [6.07, 6.45) is 2.05. The van der Waals surface area contributed by atoms with Gasteiger partial charge in [-0.2, -0.15) is 0 Å². The lowest BCUT2D eigenvalue weighted by Crippen LogP contribution is -2.27. The molecule has 0 radical (unpaired) electrons. The average Bonchev–Trinajstić information content (AvgIpc) is 2.47. The highest BCUT2D eigenvalue weighted by atomic mass is 32.2. The van der Waals surface area contributed by atoms with Crippen LogP contribution in [0.2, 0.25) is 0 Å². The van der Waals surface area contributed by atoms with E-state index in [2.05, 4.69) is 9.71 Å². The molecule has 0 aliphatic rings. The number of aromatic nitrogens is 1. The van der Waals surface area contributed by atoms with E-state index >= 15 is 0 Å². The molecule has 1 aromatic carbocycles. The summed E-state index contributed by atoms with van der Waals surface area (Å²) in [6, 6.07) is 7.46. The van der Waals surface area contributed by atoms with Crippen LogP contribution >= 0.6 is 0 Å². The number of sulfonamides is 1. The molecule has 2 aromatic rings. The average molecular weight is 310 g/mol. The van der Waals surface area contributed by atoms with Gasteiger partial charge in [0.25, 0.3) is 0 Å². The lowest BCUT2D eigenvalue weighted by atomic mass is 10.1. The van der Waals surface area contributed by atoms with E-state index in [1.54, 1.807) is 38.3 Å². The molecule has 5 nitrogen and oxygen atoms in total. The van der Waals surface area contributed by atoms with Crippen molar-refractivity contribution < 1.29 is 17.5 Å². The van der Waals surface area contributed by atoms with Crippen LogP contribution in [0.1, 0.15) is 18.5 Å². The van der Waals surface area contributed by atoms with Crippen LogP contribution in [0.25, 0.3) is 0 Å². The van der Waals surface area contributed by atoms with Gasteiger partial charge in [-0.25, -0.2) is 17.5 Å². The zero-order valence-electron chi connectivity index (χ0n) is 11.6. The van der Waals surface area contributed by atoms with Crippen molar-refractivity contribution in [1.82, 2.24) is 9.71 Å². The third-order valence-electron chi connectivity index (χ3n) is 2.94. The first-order valence-electron chi connectivity index (χ1n) is 6.19. The summed E-state index contributed by atoms with van der Waals surface area (Å²) in [5.74, 6) is -0.0156. The number of nitrogens with zero attached hydrogens (tertiary/aromatic N) is 1. The molecule has 0 saturated heterocycles. The van der Waals surface area contributed by atoms with Gasteiger partial charge < -0.3 is 4.74 Å². The highest BCUT2D eigenvalue weighted by Crippen LogP contribution is 2.19. The molecule has 7 heteroatoms. The standard InChI is InChI=1S/C14H15FN2O3S/c1-10(11-3-5-13(20-2)6-4-11)17-21(18,19)14-7-12(15)8-16-9-14/h3-10,17H,1-2H3/t10-/m0/s1. The number of ether oxygens (including phenoxy) is 1. The quantitative estimate of drug-likeness (QED) is 0.920. The van der Waals surface area contributed by atoms with Gasteiger partial charge in [0.05, 0.1) is 13.3 Å². The second-order valence-electron chi connectivity index (χ2n) is 4.45. The zero-order valence-corrected chi connectivity index (χ0v) is 12.4. The van der Waals surface area contributed by atoms with E-state index in [9.17, 15) is 12.8 Å². The van der Waals surface area contributed by atoms with Gasteiger partial charge in [-0.1, -0.05) is 12.1 Å². The Morgan fingerprint density at radius 1 is 1.24 bits per heavy atom. The predicted molar refractivity (Wildman–Crippen MR) is 75.9 cm³/mol. The van der Waals surface area contributed by atoms with E-state index in [1.807, 2.05) is 0 Å². The maximum Gasteiger partial charge on any atom is 0.242 e. The van der Waals surface area contributed by atoms with Crippen LogP contribution in [0.4, 0.5) is 4.39 Å². The van der Waals surface area contributed by atoms with Crippen molar-refractivity contribution in [2.75, 3.05) is 7.11 Å². The second kappa shape index (κ2) is 6.19. The van der Waals surface area contributed by atoms with Crippen LogP contribution < -0.4 is 9.46 Å². The highest BCUT2D eigenvalue weighted by Gasteiger charge is 2.19. The molecule has 0 saturated carbocycles. The van der Waals surface area contributed by atoms with Crippen molar-refractivity contribution in [2.24, 2.45) is 0 Å². The van der Waals surface area contributed by atoms with Crippen LogP contribution in [0, 0.1) is 5.82 Å². The third kappa shape index (κ3) is 3.77. The smallest absolute Gasteiger partial charge is 0.242 e. The summed E-state index contributed by atoms with van der Waals surface area (Å²) in [4.78, 5) is 3.34. The fraction of sp³-hybridized carbons (Fsp3) is 0.214. The Bertz CT molecular complexity index is 717. The molecule has 21 heavy (non-hydrogen) atoms. The number of hydrogen-bond acceptors (Lipinski definition) is 4. The number of benzene rings is 1. The van der Waals surface area contributed by atoms with E-state index in [4.69, 9.17) is 4.74 Å². The van der Waals surface area contributed by atoms with Gasteiger partial charge in [0.1, 0.15) is 16.5 Å². The Balaban J connectivity index is 2.19. The molecule has 112 valence electrons. The van der Waals surface area contributed by atoms with E-state index in [1.165, 1.54) is 0 Å². The molecule has 0 bridgehead atoms. The van der Waals surface area contributed by atoms with Crippen molar-refractivity contribution in [3.05, 3.63) is 54.1 Å². The minimum Gasteiger partial charge on any atom is -0.497 e. The van der Waals surface area contributed by atoms with E-state index < -0.39 is 21.9 Å². The number of pyridine rings is 1. The summed E-state index contributed by atoms with van der Waals surface area (Å²) in [5.41, 5.74) is 0.767. The summed E-state index contributed by atoms with van der Waals surface area (Å²) in [6.45, 7) is 1.70. The van der Waals surface area contributed by atoms with Gasteiger partial charge in [0, 0.05) is 12.2 Å². The zero-order chi connectivity index (χ0) is 15.5. The maximum absolute atomic E-state index is 13.1. The lowest BCUT2D eigenvalue weighted by Gasteiger charge is -2.15. The first-order valence-corrected chi connectivity index (χ1v) is 7.67. The molecule has 0 aliphatic heterocycles. The van der Waals surface area contributed by atoms with E-state index in [0.29, 0.717) is 5.75 Å². The van der Waals surface area contributed by atoms with Gasteiger partial charge in [0.2, 0.25) is 10.0 Å². The van der Waals surface area contributed by atoms with Gasteiger partial charge >= 0.3 is 0 Å². The summed E-state index contributed by atoms with van der Waals surface area (Å²) in [7, 11) is -2.28. The summed E-state index contributed by atoms with van der Waals surface area (Å²) >= 11 is 0. The molecule has 0 aliphatic carbocycles. The van der Waals surface area contributed by atoms with E-state index in [0.717, 1.165) is 24.0 Å². The van der Waals surface area contributed by atoms with Crippen LogP contribution in [-0.4, -0.2) is 20.5 Å². The van der Waals surface area contributed by atoms with Gasteiger partial charge in [-0.15, -0.1) is 0 Å². The Kier molecular flexibility index (Phi) is 4.54. The molecule has 0 spiro atoms.